The van der Waals surface area contributed by atoms with Gasteiger partial charge in [-0.1, -0.05) is 0 Å². The monoisotopic (exact) mass is 225 g/mol. The van der Waals surface area contributed by atoms with Crippen LogP contribution in [0.2, 0.25) is 0 Å². The molecule has 2 heterocycles. The molecule has 2 aliphatic rings. The van der Waals surface area contributed by atoms with E-state index < -0.39 is 0 Å². The minimum Gasteiger partial charge on any atom is -0.466 e. The zero-order chi connectivity index (χ0) is 11.5. The highest BCUT2D eigenvalue weighted by molar-refractivity contribution is 5.81. The molecule has 0 aromatic rings. The summed E-state index contributed by atoms with van der Waals surface area (Å²) in [6, 6.07) is 0.779. The predicted molar refractivity (Wildman–Crippen MR) is 59.0 cm³/mol. The zero-order valence-electron chi connectivity index (χ0n) is 9.78. The lowest BCUT2D eigenvalue weighted by molar-refractivity contribution is -0.143. The largest absolute Gasteiger partial charge is 0.466 e. The highest BCUT2D eigenvalue weighted by Crippen LogP contribution is 2.33. The molecule has 0 aliphatic carbocycles. The molecule has 2 fully saturated rings. The Morgan fingerprint density at radius 3 is 2.56 bits per heavy atom. The van der Waals surface area contributed by atoms with Crippen molar-refractivity contribution in [3.8, 4) is 0 Å². The summed E-state index contributed by atoms with van der Waals surface area (Å²) >= 11 is 0. The van der Waals surface area contributed by atoms with Gasteiger partial charge in [0.15, 0.2) is 0 Å². The second-order valence-electron chi connectivity index (χ2n) is 4.62. The third-order valence-electron chi connectivity index (χ3n) is 3.58. The molecule has 2 unspecified atom stereocenters. The predicted octanol–water partition coefficient (Wildman–Crippen LogP) is 1.14. The fraction of sp³-hybridized carbons (Fsp3) is 0.833. The number of carbonyl (C=O) groups is 2. The lowest BCUT2D eigenvalue weighted by Crippen LogP contribution is -2.44. The summed E-state index contributed by atoms with van der Waals surface area (Å²) in [5.74, 6) is 0.263. The number of ketones is 1. The molecule has 0 N–H and O–H groups in total. The Morgan fingerprint density at radius 1 is 1.38 bits per heavy atom. The van der Waals surface area contributed by atoms with Crippen LogP contribution in [-0.4, -0.2) is 41.9 Å². The molecule has 4 heteroatoms. The van der Waals surface area contributed by atoms with E-state index >= 15 is 0 Å². The van der Waals surface area contributed by atoms with E-state index in [2.05, 4.69) is 4.90 Å². The number of hydrogen-bond donors (Lipinski definition) is 0. The molecule has 16 heavy (non-hydrogen) atoms. The Bertz CT molecular complexity index is 274. The van der Waals surface area contributed by atoms with Crippen LogP contribution < -0.4 is 0 Å². The van der Waals surface area contributed by atoms with E-state index in [1.54, 1.807) is 0 Å². The summed E-state index contributed by atoms with van der Waals surface area (Å²) in [4.78, 5) is 25.0. The van der Waals surface area contributed by atoms with Crippen molar-refractivity contribution in [1.29, 1.82) is 0 Å². The molecule has 4 nitrogen and oxygen atoms in total. The van der Waals surface area contributed by atoms with E-state index in [9.17, 15) is 9.59 Å². The average Bonchev–Trinajstić information content (AvgIpc) is 2.47. The molecule has 0 aromatic heterocycles. The van der Waals surface area contributed by atoms with E-state index in [-0.39, 0.29) is 5.97 Å². The fourth-order valence-corrected chi connectivity index (χ4v) is 2.88. The number of fused-ring (bicyclic) bond motifs is 2. The van der Waals surface area contributed by atoms with E-state index in [1.807, 2.05) is 6.92 Å². The Balaban J connectivity index is 1.82. The van der Waals surface area contributed by atoms with Gasteiger partial charge < -0.3 is 4.74 Å². The second-order valence-corrected chi connectivity index (χ2v) is 4.62. The van der Waals surface area contributed by atoms with Gasteiger partial charge in [0.25, 0.3) is 0 Å². The smallest absolute Gasteiger partial charge is 0.307 e. The van der Waals surface area contributed by atoms with Crippen LogP contribution in [-0.2, 0) is 14.3 Å². The summed E-state index contributed by atoms with van der Waals surface area (Å²) in [6.45, 7) is 3.02. The third kappa shape index (κ3) is 2.43. The van der Waals surface area contributed by atoms with Crippen LogP contribution >= 0.6 is 0 Å². The maximum Gasteiger partial charge on any atom is 0.307 e. The molecule has 0 amide bonds. The number of piperidine rings is 1. The third-order valence-corrected chi connectivity index (χ3v) is 3.58. The Kier molecular flexibility index (Phi) is 3.59. The van der Waals surface area contributed by atoms with Crippen LogP contribution in [0.25, 0.3) is 0 Å². The summed E-state index contributed by atoms with van der Waals surface area (Å²) in [6.07, 6.45) is 4.03. The number of Topliss-reactive ketones (excluding diaryl/α,β-unsaturated/α-hetero) is 1. The molecule has 0 aromatic carbocycles. The van der Waals surface area contributed by atoms with Crippen LogP contribution in [0.1, 0.15) is 39.0 Å². The number of rotatable bonds is 4. The number of nitrogens with zero attached hydrogens (tertiary/aromatic N) is 1. The van der Waals surface area contributed by atoms with Crippen molar-refractivity contribution in [2.24, 2.45) is 0 Å². The van der Waals surface area contributed by atoms with E-state index in [0.717, 1.165) is 19.4 Å². The molecular formula is C12H19NO3. The molecule has 90 valence electrons. The lowest BCUT2D eigenvalue weighted by atomic mass is 10.0. The molecule has 2 saturated heterocycles. The highest BCUT2D eigenvalue weighted by atomic mass is 16.5. The Labute approximate surface area is 95.9 Å². The van der Waals surface area contributed by atoms with Crippen molar-refractivity contribution in [3.63, 3.8) is 0 Å². The normalized spacial score (nSPS) is 29.4. The molecule has 2 atom stereocenters. The van der Waals surface area contributed by atoms with Gasteiger partial charge in [-0.3, -0.25) is 14.5 Å². The minimum atomic E-state index is -0.126. The van der Waals surface area contributed by atoms with Gasteiger partial charge >= 0.3 is 5.97 Å². The average molecular weight is 225 g/mol. The maximum atomic E-state index is 11.4. The van der Waals surface area contributed by atoms with Gasteiger partial charge in [0.2, 0.25) is 0 Å². The molecule has 2 rings (SSSR count). The number of hydrogen-bond acceptors (Lipinski definition) is 4. The van der Waals surface area contributed by atoms with Gasteiger partial charge in [0, 0.05) is 31.5 Å². The highest BCUT2D eigenvalue weighted by Gasteiger charge is 2.39. The van der Waals surface area contributed by atoms with Crippen LogP contribution in [0.4, 0.5) is 0 Å². The Hall–Kier alpha value is -0.900. The van der Waals surface area contributed by atoms with Gasteiger partial charge in [0.1, 0.15) is 5.78 Å². The topological polar surface area (TPSA) is 46.6 Å². The van der Waals surface area contributed by atoms with Crippen LogP contribution in [0.3, 0.4) is 0 Å². The molecule has 0 spiro atoms. The summed E-state index contributed by atoms with van der Waals surface area (Å²) in [7, 11) is 0. The molecule has 0 radical (unpaired) electrons. The summed E-state index contributed by atoms with van der Waals surface area (Å²) < 4.78 is 4.91. The van der Waals surface area contributed by atoms with Crippen LogP contribution in [0, 0.1) is 0 Å². The molecule has 2 aliphatic heterocycles. The maximum absolute atomic E-state index is 11.4. The standard InChI is InChI=1S/C12H19NO3/c1-2-16-12(15)5-6-13-9-3-4-10(13)8-11(14)7-9/h9-10H,2-8H2,1H3. The number of esters is 1. The molecule has 0 saturated carbocycles. The summed E-state index contributed by atoms with van der Waals surface area (Å²) in [5, 5.41) is 0. The van der Waals surface area contributed by atoms with Crippen molar-refractivity contribution in [3.05, 3.63) is 0 Å². The van der Waals surface area contributed by atoms with E-state index in [0.29, 0.717) is 43.7 Å². The SMILES string of the molecule is CCOC(=O)CCN1C2CCC1CC(=O)C2. The first kappa shape index (κ1) is 11.6. The zero-order valence-corrected chi connectivity index (χ0v) is 9.78. The van der Waals surface area contributed by atoms with E-state index in [1.165, 1.54) is 0 Å². The summed E-state index contributed by atoms with van der Waals surface area (Å²) in [5.41, 5.74) is 0. The van der Waals surface area contributed by atoms with E-state index in [4.69, 9.17) is 4.74 Å². The van der Waals surface area contributed by atoms with Gasteiger partial charge in [-0.2, -0.15) is 0 Å². The van der Waals surface area contributed by atoms with Gasteiger partial charge in [0.05, 0.1) is 13.0 Å². The fourth-order valence-electron chi connectivity index (χ4n) is 2.88. The first-order chi connectivity index (χ1) is 7.70. The van der Waals surface area contributed by atoms with Crippen molar-refractivity contribution in [2.75, 3.05) is 13.2 Å². The van der Waals surface area contributed by atoms with Crippen molar-refractivity contribution in [1.82, 2.24) is 4.90 Å². The van der Waals surface area contributed by atoms with Crippen LogP contribution in [0.5, 0.6) is 0 Å². The van der Waals surface area contributed by atoms with Gasteiger partial charge in [-0.15, -0.1) is 0 Å². The van der Waals surface area contributed by atoms with Crippen molar-refractivity contribution < 1.29 is 14.3 Å². The number of ether oxygens (including phenoxy) is 1. The molecule has 2 bridgehead atoms. The number of carbonyl (C=O) groups excluding carboxylic acids is 2. The quantitative estimate of drug-likeness (QED) is 0.673. The second kappa shape index (κ2) is 4.95. The molecular weight excluding hydrogens is 206 g/mol. The van der Waals surface area contributed by atoms with Gasteiger partial charge in [-0.25, -0.2) is 0 Å². The first-order valence-corrected chi connectivity index (χ1v) is 6.13. The van der Waals surface area contributed by atoms with Gasteiger partial charge in [-0.05, 0) is 19.8 Å². The first-order valence-electron chi connectivity index (χ1n) is 6.13. The van der Waals surface area contributed by atoms with Crippen LogP contribution in [0.15, 0.2) is 0 Å². The minimum absolute atomic E-state index is 0.126. The Morgan fingerprint density at radius 2 is 2.00 bits per heavy atom. The van der Waals surface area contributed by atoms with Crippen molar-refractivity contribution >= 4 is 11.8 Å². The van der Waals surface area contributed by atoms with Crippen molar-refractivity contribution in [2.45, 2.75) is 51.1 Å². The lowest BCUT2D eigenvalue weighted by Gasteiger charge is -2.33.